The van der Waals surface area contributed by atoms with Crippen LogP contribution in [0.15, 0.2) is 51.8 Å². The Bertz CT molecular complexity index is 1160. The average molecular weight is 353 g/mol. The van der Waals surface area contributed by atoms with Crippen molar-refractivity contribution in [3.8, 4) is 17.4 Å². The van der Waals surface area contributed by atoms with Crippen molar-refractivity contribution < 1.29 is 4.42 Å². The lowest BCUT2D eigenvalue weighted by Gasteiger charge is -2.07. The van der Waals surface area contributed by atoms with E-state index in [0.29, 0.717) is 27.4 Å². The molecule has 3 heterocycles. The van der Waals surface area contributed by atoms with Crippen LogP contribution in [0.5, 0.6) is 0 Å². The Morgan fingerprint density at radius 1 is 1.16 bits per heavy atom. The van der Waals surface area contributed by atoms with Crippen molar-refractivity contribution in [1.82, 2.24) is 19.7 Å². The minimum atomic E-state index is -0.443. The van der Waals surface area contributed by atoms with Crippen molar-refractivity contribution in [1.29, 1.82) is 0 Å². The van der Waals surface area contributed by atoms with Crippen LogP contribution in [0.1, 0.15) is 11.3 Å². The zero-order valence-electron chi connectivity index (χ0n) is 13.5. The summed E-state index contributed by atoms with van der Waals surface area (Å²) >= 11 is 6.24. The predicted molar refractivity (Wildman–Crippen MR) is 95.1 cm³/mol. The first-order valence-electron chi connectivity index (χ1n) is 7.62. The SMILES string of the molecule is Cc1ccc2nc(-c3cc(C)nn3-c3ncccc3Cl)oc(=O)c2c1. The lowest BCUT2D eigenvalue weighted by molar-refractivity contribution is 0.513. The van der Waals surface area contributed by atoms with E-state index >= 15 is 0 Å². The average Bonchev–Trinajstić information content (AvgIpc) is 2.97. The van der Waals surface area contributed by atoms with Crippen LogP contribution < -0.4 is 5.63 Å². The smallest absolute Gasteiger partial charge is 0.347 e. The Labute approximate surface area is 147 Å². The zero-order chi connectivity index (χ0) is 17.6. The molecule has 3 aromatic heterocycles. The van der Waals surface area contributed by atoms with E-state index in [2.05, 4.69) is 15.1 Å². The molecule has 6 nitrogen and oxygen atoms in total. The van der Waals surface area contributed by atoms with Crippen LogP contribution in [0.2, 0.25) is 5.02 Å². The fourth-order valence-electron chi connectivity index (χ4n) is 2.64. The van der Waals surface area contributed by atoms with Crippen LogP contribution >= 0.6 is 11.6 Å². The number of rotatable bonds is 2. The number of aromatic nitrogens is 4. The standard InChI is InChI=1S/C18H13ClN4O2/c1-10-5-6-14-12(8-10)18(24)25-17(21-14)15-9-11(2)22-23(15)16-13(19)4-3-7-20-16/h3-9H,1-2H3. The van der Waals surface area contributed by atoms with Crippen LogP contribution in [0, 0.1) is 13.8 Å². The molecule has 25 heavy (non-hydrogen) atoms. The molecule has 0 saturated heterocycles. The first kappa shape index (κ1) is 15.5. The number of hydrogen-bond donors (Lipinski definition) is 0. The fourth-order valence-corrected chi connectivity index (χ4v) is 2.84. The van der Waals surface area contributed by atoms with Gasteiger partial charge in [-0.2, -0.15) is 5.10 Å². The van der Waals surface area contributed by atoms with Gasteiger partial charge in [-0.25, -0.2) is 19.4 Å². The van der Waals surface area contributed by atoms with Gasteiger partial charge < -0.3 is 4.42 Å². The van der Waals surface area contributed by atoms with Gasteiger partial charge in [0.15, 0.2) is 5.82 Å². The molecule has 0 aliphatic rings. The maximum atomic E-state index is 12.4. The van der Waals surface area contributed by atoms with Crippen molar-refractivity contribution in [3.05, 3.63) is 69.3 Å². The molecule has 0 radical (unpaired) electrons. The number of pyridine rings is 1. The van der Waals surface area contributed by atoms with E-state index < -0.39 is 5.63 Å². The number of aryl methyl sites for hydroxylation is 2. The summed E-state index contributed by atoms with van der Waals surface area (Å²) in [5, 5.41) is 5.29. The quantitative estimate of drug-likeness (QED) is 0.550. The first-order chi connectivity index (χ1) is 12.0. The third-order valence-corrected chi connectivity index (χ3v) is 4.07. The highest BCUT2D eigenvalue weighted by molar-refractivity contribution is 6.32. The van der Waals surface area contributed by atoms with Crippen LogP contribution in [0.4, 0.5) is 0 Å². The Hall–Kier alpha value is -2.99. The van der Waals surface area contributed by atoms with Gasteiger partial charge >= 0.3 is 5.63 Å². The molecule has 0 saturated carbocycles. The molecule has 4 rings (SSSR count). The highest BCUT2D eigenvalue weighted by Crippen LogP contribution is 2.25. The van der Waals surface area contributed by atoms with Crippen LogP contribution in [0.25, 0.3) is 28.3 Å². The Balaban J connectivity index is 1.97. The number of hydrogen-bond acceptors (Lipinski definition) is 5. The van der Waals surface area contributed by atoms with E-state index in [1.807, 2.05) is 19.9 Å². The van der Waals surface area contributed by atoms with Crippen molar-refractivity contribution in [2.45, 2.75) is 13.8 Å². The minimum absolute atomic E-state index is 0.170. The molecule has 0 atom stereocenters. The van der Waals surface area contributed by atoms with Crippen LogP contribution in [-0.4, -0.2) is 19.7 Å². The maximum Gasteiger partial charge on any atom is 0.347 e. The zero-order valence-corrected chi connectivity index (χ0v) is 14.3. The maximum absolute atomic E-state index is 12.4. The van der Waals surface area contributed by atoms with E-state index in [1.54, 1.807) is 36.5 Å². The van der Waals surface area contributed by atoms with E-state index in [0.717, 1.165) is 11.3 Å². The molecule has 0 fully saturated rings. The van der Waals surface area contributed by atoms with Gasteiger partial charge in [0, 0.05) is 6.20 Å². The molecule has 7 heteroatoms. The third-order valence-electron chi connectivity index (χ3n) is 3.77. The fraction of sp³-hybridized carbons (Fsp3) is 0.111. The van der Waals surface area contributed by atoms with Gasteiger partial charge in [-0.3, -0.25) is 0 Å². The highest BCUT2D eigenvalue weighted by Gasteiger charge is 2.18. The molecule has 0 spiro atoms. The molecular weight excluding hydrogens is 340 g/mol. The van der Waals surface area contributed by atoms with Crippen molar-refractivity contribution in [2.24, 2.45) is 0 Å². The second-order valence-electron chi connectivity index (χ2n) is 5.72. The second-order valence-corrected chi connectivity index (χ2v) is 6.13. The monoisotopic (exact) mass is 352 g/mol. The molecular formula is C18H13ClN4O2. The third kappa shape index (κ3) is 2.70. The molecule has 0 N–H and O–H groups in total. The van der Waals surface area contributed by atoms with Gasteiger partial charge in [0.05, 0.1) is 21.6 Å². The summed E-state index contributed by atoms with van der Waals surface area (Å²) in [5.74, 6) is 0.615. The van der Waals surface area contributed by atoms with E-state index in [1.165, 1.54) is 4.68 Å². The van der Waals surface area contributed by atoms with Gasteiger partial charge in [0.25, 0.3) is 0 Å². The number of halogens is 1. The van der Waals surface area contributed by atoms with E-state index in [-0.39, 0.29) is 5.89 Å². The topological polar surface area (TPSA) is 73.8 Å². The normalized spacial score (nSPS) is 11.2. The van der Waals surface area contributed by atoms with Gasteiger partial charge in [0.1, 0.15) is 5.69 Å². The second kappa shape index (κ2) is 5.82. The summed E-state index contributed by atoms with van der Waals surface area (Å²) in [6, 6.07) is 10.7. The number of fused-ring (bicyclic) bond motifs is 1. The van der Waals surface area contributed by atoms with Crippen LogP contribution in [0.3, 0.4) is 0 Å². The molecule has 0 amide bonds. The molecule has 0 aliphatic heterocycles. The summed E-state index contributed by atoms with van der Waals surface area (Å²) in [6.45, 7) is 3.74. The number of benzene rings is 1. The molecule has 0 bridgehead atoms. The van der Waals surface area contributed by atoms with Crippen molar-refractivity contribution in [2.75, 3.05) is 0 Å². The summed E-state index contributed by atoms with van der Waals surface area (Å²) in [4.78, 5) is 21.1. The predicted octanol–water partition coefficient (Wildman–Crippen LogP) is 3.71. The Kier molecular flexibility index (Phi) is 3.62. The summed E-state index contributed by atoms with van der Waals surface area (Å²) in [7, 11) is 0. The molecule has 1 aromatic carbocycles. The minimum Gasteiger partial charge on any atom is -0.401 e. The van der Waals surface area contributed by atoms with E-state index in [9.17, 15) is 4.79 Å². The van der Waals surface area contributed by atoms with Crippen molar-refractivity contribution >= 4 is 22.5 Å². The van der Waals surface area contributed by atoms with Gasteiger partial charge in [-0.15, -0.1) is 0 Å². The molecule has 0 aliphatic carbocycles. The summed E-state index contributed by atoms with van der Waals surface area (Å²) in [5.41, 5.74) is 2.33. The van der Waals surface area contributed by atoms with Gasteiger partial charge in [0.2, 0.25) is 5.89 Å². The number of nitrogens with zero attached hydrogens (tertiary/aromatic N) is 4. The van der Waals surface area contributed by atoms with Crippen LogP contribution in [-0.2, 0) is 0 Å². The summed E-state index contributed by atoms with van der Waals surface area (Å²) in [6.07, 6.45) is 1.62. The first-order valence-corrected chi connectivity index (χ1v) is 8.00. The largest absolute Gasteiger partial charge is 0.401 e. The van der Waals surface area contributed by atoms with Gasteiger partial charge in [-0.05, 0) is 44.2 Å². The Morgan fingerprint density at radius 2 is 2.00 bits per heavy atom. The van der Waals surface area contributed by atoms with Gasteiger partial charge in [-0.1, -0.05) is 23.2 Å². The molecule has 4 aromatic rings. The molecule has 0 unspecified atom stereocenters. The van der Waals surface area contributed by atoms with Crippen molar-refractivity contribution in [3.63, 3.8) is 0 Å². The van der Waals surface area contributed by atoms with E-state index in [4.69, 9.17) is 16.0 Å². The lowest BCUT2D eigenvalue weighted by atomic mass is 10.2. The summed E-state index contributed by atoms with van der Waals surface area (Å²) < 4.78 is 6.98. The molecule has 124 valence electrons. The highest BCUT2D eigenvalue weighted by atomic mass is 35.5. The lowest BCUT2D eigenvalue weighted by Crippen LogP contribution is -2.07. The Morgan fingerprint density at radius 3 is 2.80 bits per heavy atom.